The van der Waals surface area contributed by atoms with Crippen molar-refractivity contribution in [2.45, 2.75) is 20.5 Å². The molecule has 0 N–H and O–H groups in total. The zero-order valence-corrected chi connectivity index (χ0v) is 20.7. The summed E-state index contributed by atoms with van der Waals surface area (Å²) in [6.07, 6.45) is 1.73. The van der Waals surface area contributed by atoms with Crippen molar-refractivity contribution in [1.29, 1.82) is 0 Å². The Labute approximate surface area is 204 Å². The number of carbonyl (C=O) groups excluding carboxylic acids is 2. The van der Waals surface area contributed by atoms with Crippen molar-refractivity contribution >= 4 is 62.3 Å². The van der Waals surface area contributed by atoms with Crippen molar-refractivity contribution in [3.05, 3.63) is 74.2 Å². The van der Waals surface area contributed by atoms with Gasteiger partial charge >= 0.3 is 0 Å². The third-order valence-corrected chi connectivity index (χ3v) is 6.73. The van der Waals surface area contributed by atoms with Gasteiger partial charge in [0.05, 0.1) is 15.1 Å². The SMILES string of the molecule is CCOc1cc(/C=C2/SC(=O)N(CC)C2=O)cc(I)c1OCc1ccc2ccccc2c1. The molecule has 4 rings (SSSR count). The maximum atomic E-state index is 12.4. The van der Waals surface area contributed by atoms with Crippen molar-refractivity contribution in [1.82, 2.24) is 4.90 Å². The minimum Gasteiger partial charge on any atom is -0.490 e. The van der Waals surface area contributed by atoms with Crippen LogP contribution in [0.15, 0.2) is 59.5 Å². The summed E-state index contributed by atoms with van der Waals surface area (Å²) in [5.41, 5.74) is 1.86. The molecule has 0 atom stereocenters. The van der Waals surface area contributed by atoms with Crippen LogP contribution in [-0.2, 0) is 11.4 Å². The van der Waals surface area contributed by atoms with Crippen LogP contribution >= 0.6 is 34.4 Å². The Bertz CT molecular complexity index is 1220. The fourth-order valence-electron chi connectivity index (χ4n) is 3.48. The van der Waals surface area contributed by atoms with E-state index in [-0.39, 0.29) is 11.1 Å². The highest BCUT2D eigenvalue weighted by atomic mass is 127. The van der Waals surface area contributed by atoms with E-state index in [1.807, 2.05) is 31.2 Å². The standard InChI is InChI=1S/C25H22INO4S/c1-3-27-24(28)22(32-25(27)29)14-17-12-20(26)23(21(13-17)30-4-2)31-15-16-9-10-18-7-5-6-8-19(18)11-16/h5-14H,3-4,15H2,1-2H3/b22-14+. The van der Waals surface area contributed by atoms with Gasteiger partial charge in [-0.3, -0.25) is 14.5 Å². The second-order valence-corrected chi connectivity index (χ2v) is 9.31. The molecule has 0 aliphatic carbocycles. The number of rotatable bonds is 7. The molecule has 32 heavy (non-hydrogen) atoms. The number of amides is 2. The number of nitrogens with zero attached hydrogens (tertiary/aromatic N) is 1. The van der Waals surface area contributed by atoms with E-state index in [1.165, 1.54) is 15.7 Å². The van der Waals surface area contributed by atoms with E-state index in [2.05, 4.69) is 52.9 Å². The molecule has 0 saturated carbocycles. The molecule has 0 aromatic heterocycles. The molecule has 0 spiro atoms. The Kier molecular flexibility index (Phi) is 7.05. The van der Waals surface area contributed by atoms with E-state index in [9.17, 15) is 9.59 Å². The van der Waals surface area contributed by atoms with Crippen LogP contribution in [0.4, 0.5) is 4.79 Å². The first-order chi connectivity index (χ1) is 15.5. The van der Waals surface area contributed by atoms with Gasteiger partial charge < -0.3 is 9.47 Å². The van der Waals surface area contributed by atoms with Crippen molar-refractivity contribution in [2.24, 2.45) is 0 Å². The summed E-state index contributed by atoms with van der Waals surface area (Å²) in [5.74, 6) is 1.02. The summed E-state index contributed by atoms with van der Waals surface area (Å²) < 4.78 is 12.9. The number of hydrogen-bond donors (Lipinski definition) is 0. The van der Waals surface area contributed by atoms with Crippen LogP contribution in [0.3, 0.4) is 0 Å². The van der Waals surface area contributed by atoms with Gasteiger partial charge in [0.25, 0.3) is 11.1 Å². The lowest BCUT2D eigenvalue weighted by molar-refractivity contribution is -0.122. The van der Waals surface area contributed by atoms with Crippen LogP contribution in [0.25, 0.3) is 16.8 Å². The molecule has 1 saturated heterocycles. The normalized spacial score (nSPS) is 15.1. The zero-order chi connectivity index (χ0) is 22.7. The minimum atomic E-state index is -0.257. The van der Waals surface area contributed by atoms with Gasteiger partial charge in [-0.25, -0.2) is 0 Å². The molecule has 3 aromatic carbocycles. The topological polar surface area (TPSA) is 55.8 Å². The lowest BCUT2D eigenvalue weighted by atomic mass is 10.1. The second-order valence-electron chi connectivity index (χ2n) is 7.16. The summed E-state index contributed by atoms with van der Waals surface area (Å²) in [6.45, 7) is 4.97. The summed E-state index contributed by atoms with van der Waals surface area (Å²) in [7, 11) is 0. The molecule has 1 aliphatic heterocycles. The Hall–Kier alpha value is -2.52. The van der Waals surface area contributed by atoms with Crippen LogP contribution in [-0.4, -0.2) is 29.2 Å². The van der Waals surface area contributed by atoms with E-state index >= 15 is 0 Å². The molecular weight excluding hydrogens is 537 g/mol. The Morgan fingerprint density at radius 2 is 1.78 bits per heavy atom. The highest BCUT2D eigenvalue weighted by molar-refractivity contribution is 14.1. The van der Waals surface area contributed by atoms with Crippen molar-refractivity contribution < 1.29 is 19.1 Å². The molecule has 0 bridgehead atoms. The van der Waals surface area contributed by atoms with Crippen molar-refractivity contribution in [2.75, 3.05) is 13.2 Å². The first kappa shape index (κ1) is 22.7. The fraction of sp³-hybridized carbons (Fsp3) is 0.200. The number of halogens is 1. The maximum Gasteiger partial charge on any atom is 0.293 e. The summed E-state index contributed by atoms with van der Waals surface area (Å²) in [6, 6.07) is 18.3. The number of fused-ring (bicyclic) bond motifs is 1. The Morgan fingerprint density at radius 3 is 2.50 bits per heavy atom. The number of benzene rings is 3. The monoisotopic (exact) mass is 559 g/mol. The Morgan fingerprint density at radius 1 is 1.00 bits per heavy atom. The average Bonchev–Trinajstić information content (AvgIpc) is 3.05. The van der Waals surface area contributed by atoms with E-state index in [0.717, 1.165) is 26.5 Å². The molecule has 0 radical (unpaired) electrons. The third-order valence-electron chi connectivity index (χ3n) is 5.02. The molecule has 1 heterocycles. The predicted octanol–water partition coefficient (Wildman–Crippen LogP) is 6.48. The fourth-order valence-corrected chi connectivity index (χ4v) is 5.17. The summed E-state index contributed by atoms with van der Waals surface area (Å²) in [5, 5.41) is 2.13. The molecule has 7 heteroatoms. The van der Waals surface area contributed by atoms with E-state index in [1.54, 1.807) is 13.0 Å². The predicted molar refractivity (Wildman–Crippen MR) is 137 cm³/mol. The first-order valence-electron chi connectivity index (χ1n) is 10.3. The van der Waals surface area contributed by atoms with E-state index < -0.39 is 0 Å². The molecular formula is C25H22INO4S. The second kappa shape index (κ2) is 9.95. The average molecular weight is 559 g/mol. The van der Waals surface area contributed by atoms with Crippen LogP contribution in [0, 0.1) is 3.57 Å². The molecule has 0 unspecified atom stereocenters. The zero-order valence-electron chi connectivity index (χ0n) is 17.8. The number of hydrogen-bond acceptors (Lipinski definition) is 5. The smallest absolute Gasteiger partial charge is 0.293 e. The quantitative estimate of drug-likeness (QED) is 0.245. The van der Waals surface area contributed by atoms with Crippen LogP contribution in [0.5, 0.6) is 11.5 Å². The lowest BCUT2D eigenvalue weighted by Crippen LogP contribution is -2.27. The number of imide groups is 1. The molecule has 2 amide bonds. The number of likely N-dealkylation sites (N-methyl/N-ethyl adjacent to an activating group) is 1. The largest absolute Gasteiger partial charge is 0.490 e. The summed E-state index contributed by atoms with van der Waals surface area (Å²) in [4.78, 5) is 26.1. The lowest BCUT2D eigenvalue weighted by Gasteiger charge is -2.15. The molecule has 1 fully saturated rings. The van der Waals surface area contributed by atoms with Gasteiger partial charge in [0.1, 0.15) is 6.61 Å². The number of ether oxygens (including phenoxy) is 2. The Balaban J connectivity index is 1.59. The summed E-state index contributed by atoms with van der Waals surface area (Å²) >= 11 is 3.18. The number of carbonyl (C=O) groups is 2. The van der Waals surface area contributed by atoms with Crippen LogP contribution in [0.2, 0.25) is 0 Å². The van der Waals surface area contributed by atoms with Crippen molar-refractivity contribution in [3.63, 3.8) is 0 Å². The highest BCUT2D eigenvalue weighted by Crippen LogP contribution is 2.38. The molecule has 5 nitrogen and oxygen atoms in total. The molecule has 1 aliphatic rings. The first-order valence-corrected chi connectivity index (χ1v) is 12.2. The van der Waals surface area contributed by atoms with Gasteiger partial charge in [-0.1, -0.05) is 36.4 Å². The molecule has 3 aromatic rings. The number of thioether (sulfide) groups is 1. The van der Waals surface area contributed by atoms with Crippen LogP contribution in [0.1, 0.15) is 25.0 Å². The van der Waals surface area contributed by atoms with Gasteiger partial charge in [-0.15, -0.1) is 0 Å². The van der Waals surface area contributed by atoms with Gasteiger partial charge in [0, 0.05) is 6.54 Å². The van der Waals surface area contributed by atoms with Gasteiger partial charge in [0.2, 0.25) is 0 Å². The third kappa shape index (κ3) is 4.78. The minimum absolute atomic E-state index is 0.237. The molecule has 164 valence electrons. The van der Waals surface area contributed by atoms with Gasteiger partial charge in [0.15, 0.2) is 11.5 Å². The van der Waals surface area contributed by atoms with E-state index in [0.29, 0.717) is 36.2 Å². The van der Waals surface area contributed by atoms with Gasteiger partial charge in [-0.2, -0.15) is 0 Å². The highest BCUT2D eigenvalue weighted by Gasteiger charge is 2.33. The van der Waals surface area contributed by atoms with Gasteiger partial charge in [-0.05, 0) is 94.4 Å². The van der Waals surface area contributed by atoms with Crippen molar-refractivity contribution in [3.8, 4) is 11.5 Å². The van der Waals surface area contributed by atoms with E-state index in [4.69, 9.17) is 9.47 Å². The maximum absolute atomic E-state index is 12.4. The van der Waals surface area contributed by atoms with Crippen LogP contribution < -0.4 is 9.47 Å².